The molecule has 1 aromatic carbocycles. The molecule has 1 saturated carbocycles. The van der Waals surface area contributed by atoms with Gasteiger partial charge in [0.2, 0.25) is 0 Å². The second-order valence-corrected chi connectivity index (χ2v) is 6.26. The Bertz CT molecular complexity index is 782. The molecule has 1 aliphatic carbocycles. The number of nitrogens with zero attached hydrogens (tertiary/aromatic N) is 2. The number of halogens is 3. The quantitative estimate of drug-likeness (QED) is 0.761. The molecular formula is C18H20F3N3O2. The first-order valence-electron chi connectivity index (χ1n) is 8.46. The monoisotopic (exact) mass is 367 g/mol. The van der Waals surface area contributed by atoms with Crippen LogP contribution in [0.1, 0.15) is 46.9 Å². The van der Waals surface area contributed by atoms with Crippen LogP contribution in [0.25, 0.3) is 0 Å². The maximum atomic E-state index is 12.9. The lowest BCUT2D eigenvalue weighted by Gasteiger charge is -2.10. The van der Waals surface area contributed by atoms with Gasteiger partial charge >= 0.3 is 6.18 Å². The van der Waals surface area contributed by atoms with Crippen LogP contribution in [0.2, 0.25) is 0 Å². The lowest BCUT2D eigenvalue weighted by atomic mass is 10.2. The molecule has 5 nitrogen and oxygen atoms in total. The van der Waals surface area contributed by atoms with Crippen molar-refractivity contribution in [3.63, 3.8) is 0 Å². The third-order valence-electron chi connectivity index (χ3n) is 4.28. The Morgan fingerprint density at radius 1 is 1.35 bits per heavy atom. The fourth-order valence-electron chi connectivity index (χ4n) is 2.81. The van der Waals surface area contributed by atoms with Crippen molar-refractivity contribution in [1.29, 1.82) is 0 Å². The number of carbonyl (C=O) groups is 1. The van der Waals surface area contributed by atoms with E-state index in [-0.39, 0.29) is 11.8 Å². The molecule has 0 unspecified atom stereocenters. The summed E-state index contributed by atoms with van der Waals surface area (Å²) in [5, 5.41) is 6.47. The van der Waals surface area contributed by atoms with Gasteiger partial charge in [-0.1, -0.05) is 12.1 Å². The third-order valence-corrected chi connectivity index (χ3v) is 4.28. The van der Waals surface area contributed by atoms with Gasteiger partial charge in [0, 0.05) is 24.7 Å². The summed E-state index contributed by atoms with van der Waals surface area (Å²) in [6, 6.07) is 8.00. The molecule has 1 aromatic heterocycles. The van der Waals surface area contributed by atoms with E-state index in [1.165, 1.54) is 11.8 Å². The first-order chi connectivity index (χ1) is 12.4. The van der Waals surface area contributed by atoms with Crippen molar-refractivity contribution in [3.8, 4) is 5.75 Å². The molecule has 1 N–H and O–H groups in total. The third kappa shape index (κ3) is 4.17. The van der Waals surface area contributed by atoms with Gasteiger partial charge in [-0.25, -0.2) is 0 Å². The summed E-state index contributed by atoms with van der Waals surface area (Å²) < 4.78 is 45.2. The number of alkyl halides is 3. The van der Waals surface area contributed by atoms with Crippen LogP contribution < -0.4 is 10.1 Å². The van der Waals surface area contributed by atoms with Crippen molar-refractivity contribution < 1.29 is 22.7 Å². The number of ether oxygens (including phenoxy) is 1. The Hall–Kier alpha value is -2.51. The highest BCUT2D eigenvalue weighted by molar-refractivity contribution is 5.96. The maximum absolute atomic E-state index is 12.9. The van der Waals surface area contributed by atoms with Gasteiger partial charge in [0.1, 0.15) is 5.75 Å². The maximum Gasteiger partial charge on any atom is 0.435 e. The van der Waals surface area contributed by atoms with Crippen LogP contribution >= 0.6 is 0 Å². The number of methoxy groups -OCH3 is 1. The van der Waals surface area contributed by atoms with Crippen molar-refractivity contribution in [1.82, 2.24) is 15.1 Å². The van der Waals surface area contributed by atoms with E-state index >= 15 is 0 Å². The number of para-hydroxylation sites is 1. The van der Waals surface area contributed by atoms with Crippen LogP contribution in [0.15, 0.2) is 30.3 Å². The fourth-order valence-corrected chi connectivity index (χ4v) is 2.81. The highest BCUT2D eigenvalue weighted by atomic mass is 19.4. The van der Waals surface area contributed by atoms with E-state index in [1.807, 2.05) is 0 Å². The number of aromatic nitrogens is 2. The summed E-state index contributed by atoms with van der Waals surface area (Å²) in [4.78, 5) is 12.2. The molecule has 0 radical (unpaired) electrons. The number of benzene rings is 1. The molecule has 26 heavy (non-hydrogen) atoms. The fraction of sp³-hybridized carbons (Fsp3) is 0.444. The molecule has 140 valence electrons. The number of nitrogens with one attached hydrogen (secondary N) is 1. The highest BCUT2D eigenvalue weighted by Crippen LogP contribution is 2.42. The number of hydrogen-bond donors (Lipinski definition) is 1. The molecule has 0 aliphatic heterocycles. The lowest BCUT2D eigenvalue weighted by Crippen LogP contribution is -2.26. The van der Waals surface area contributed by atoms with Gasteiger partial charge in [-0.15, -0.1) is 0 Å². The standard InChI is InChI=1S/C18H20F3N3O2/c1-26-15-6-3-2-5-13(15)17(25)22-9-4-10-24-14(12-7-8-12)11-16(23-24)18(19,20)21/h2-3,5-6,11-12H,4,7-10H2,1H3,(H,22,25). The van der Waals surface area contributed by atoms with Gasteiger partial charge in [0.15, 0.2) is 5.69 Å². The molecule has 8 heteroatoms. The molecule has 0 bridgehead atoms. The average Bonchev–Trinajstić information content (AvgIpc) is 3.36. The Balaban J connectivity index is 1.57. The summed E-state index contributed by atoms with van der Waals surface area (Å²) in [5.41, 5.74) is 0.206. The van der Waals surface area contributed by atoms with Gasteiger partial charge in [0.25, 0.3) is 5.91 Å². The van der Waals surface area contributed by atoms with Gasteiger partial charge in [-0.3, -0.25) is 9.48 Å². The summed E-state index contributed by atoms with van der Waals surface area (Å²) in [7, 11) is 1.49. The molecule has 0 spiro atoms. The van der Waals surface area contributed by atoms with Gasteiger partial charge in [0.05, 0.1) is 12.7 Å². The van der Waals surface area contributed by atoms with E-state index in [2.05, 4.69) is 10.4 Å². The average molecular weight is 367 g/mol. The van der Waals surface area contributed by atoms with Crippen LogP contribution in [0.3, 0.4) is 0 Å². The van der Waals surface area contributed by atoms with Crippen LogP contribution in [0, 0.1) is 0 Å². The van der Waals surface area contributed by atoms with Gasteiger partial charge in [-0.2, -0.15) is 18.3 Å². The minimum atomic E-state index is -4.44. The largest absolute Gasteiger partial charge is 0.496 e. The molecule has 1 amide bonds. The number of rotatable bonds is 7. The second-order valence-electron chi connectivity index (χ2n) is 6.26. The summed E-state index contributed by atoms with van der Waals surface area (Å²) in [6.45, 7) is 0.663. The van der Waals surface area contributed by atoms with Crippen molar-refractivity contribution >= 4 is 5.91 Å². The van der Waals surface area contributed by atoms with E-state index < -0.39 is 11.9 Å². The Labute approximate surface area is 149 Å². The Morgan fingerprint density at radius 3 is 2.73 bits per heavy atom. The summed E-state index contributed by atoms with van der Waals surface area (Å²) in [6.07, 6.45) is -2.16. The zero-order chi connectivity index (χ0) is 18.7. The van der Waals surface area contributed by atoms with Crippen molar-refractivity contribution in [3.05, 3.63) is 47.3 Å². The van der Waals surface area contributed by atoms with E-state index in [4.69, 9.17) is 4.74 Å². The predicted molar refractivity (Wildman–Crippen MR) is 89.1 cm³/mol. The van der Waals surface area contributed by atoms with Crippen molar-refractivity contribution in [2.24, 2.45) is 0 Å². The van der Waals surface area contributed by atoms with Crippen LogP contribution in [-0.4, -0.2) is 29.3 Å². The topological polar surface area (TPSA) is 56.1 Å². The highest BCUT2D eigenvalue weighted by Gasteiger charge is 2.37. The number of carbonyl (C=O) groups excluding carboxylic acids is 1. The lowest BCUT2D eigenvalue weighted by molar-refractivity contribution is -0.141. The molecule has 1 fully saturated rings. The first-order valence-corrected chi connectivity index (χ1v) is 8.46. The van der Waals surface area contributed by atoms with Crippen LogP contribution in [0.5, 0.6) is 5.75 Å². The zero-order valence-electron chi connectivity index (χ0n) is 14.3. The Morgan fingerprint density at radius 2 is 2.08 bits per heavy atom. The number of amides is 1. The molecule has 2 aromatic rings. The zero-order valence-corrected chi connectivity index (χ0v) is 14.3. The second kappa shape index (κ2) is 7.39. The van der Waals surface area contributed by atoms with Crippen LogP contribution in [-0.2, 0) is 12.7 Å². The number of aryl methyl sites for hydroxylation is 1. The van der Waals surface area contributed by atoms with E-state index in [0.717, 1.165) is 18.9 Å². The summed E-state index contributed by atoms with van der Waals surface area (Å²) >= 11 is 0. The number of hydrogen-bond acceptors (Lipinski definition) is 3. The normalized spacial score (nSPS) is 14.3. The van der Waals surface area contributed by atoms with E-state index in [1.54, 1.807) is 24.3 Å². The molecule has 0 saturated heterocycles. The molecule has 3 rings (SSSR count). The van der Waals surface area contributed by atoms with E-state index in [9.17, 15) is 18.0 Å². The summed E-state index contributed by atoms with van der Waals surface area (Å²) in [5.74, 6) is 0.367. The van der Waals surface area contributed by atoms with Crippen molar-refractivity contribution in [2.75, 3.05) is 13.7 Å². The van der Waals surface area contributed by atoms with Gasteiger partial charge < -0.3 is 10.1 Å². The molecule has 1 heterocycles. The van der Waals surface area contributed by atoms with Crippen LogP contribution in [0.4, 0.5) is 13.2 Å². The van der Waals surface area contributed by atoms with Gasteiger partial charge in [-0.05, 0) is 37.5 Å². The Kier molecular flexibility index (Phi) is 5.20. The molecule has 0 atom stereocenters. The minimum Gasteiger partial charge on any atom is -0.496 e. The minimum absolute atomic E-state index is 0.168. The predicted octanol–water partition coefficient (Wildman–Crippen LogP) is 3.61. The molecular weight excluding hydrogens is 347 g/mol. The molecule has 1 aliphatic rings. The van der Waals surface area contributed by atoms with E-state index in [0.29, 0.717) is 36.5 Å². The first kappa shape index (κ1) is 18.3. The van der Waals surface area contributed by atoms with Crippen molar-refractivity contribution in [2.45, 2.75) is 37.9 Å². The SMILES string of the molecule is COc1ccccc1C(=O)NCCCn1nc(C(F)(F)F)cc1C1CC1. The smallest absolute Gasteiger partial charge is 0.435 e.